The number of ether oxygens (including phenoxy) is 2. The Morgan fingerprint density at radius 3 is 0.635 bits per heavy atom. The Morgan fingerprint density at radius 1 is 0.259 bits per heavy atom. The van der Waals surface area contributed by atoms with Crippen LogP contribution in [0, 0.1) is 0 Å². The van der Waals surface area contributed by atoms with Crippen molar-refractivity contribution in [3.8, 4) is 0 Å². The zero-order chi connectivity index (χ0) is 61.2. The fraction of sp³-hybridized carbons (Fsp3) is 0.950. The van der Waals surface area contributed by atoms with E-state index in [0.717, 1.165) is 32.1 Å². The molecule has 0 fully saturated rings. The topological polar surface area (TPSA) is 72.8 Å². The molecule has 0 rings (SSSR count). The summed E-state index contributed by atoms with van der Waals surface area (Å²) in [6.45, 7) is 4.23. The normalized spacial score (nSPS) is 12.1. The molecule has 506 valence electrons. The molecule has 0 heterocycles. The average Bonchev–Trinajstić information content (AvgIpc) is 3.52. The Bertz CT molecular complexity index is 1260. The van der Waals surface area contributed by atoms with E-state index in [1.165, 1.54) is 411 Å². The Morgan fingerprint density at radius 2 is 0.435 bits per heavy atom. The fourth-order valence-electron chi connectivity index (χ4n) is 12.9. The lowest BCUT2D eigenvalue weighted by atomic mass is 10.0. The number of carbonyl (C=O) groups is 2. The largest absolute Gasteiger partial charge is 0.462 e. The van der Waals surface area contributed by atoms with Crippen molar-refractivity contribution in [2.45, 2.75) is 476 Å². The van der Waals surface area contributed by atoms with Crippen LogP contribution in [0.2, 0.25) is 0 Å². The van der Waals surface area contributed by atoms with Gasteiger partial charge in [-0.3, -0.25) is 9.59 Å². The highest BCUT2D eigenvalue weighted by atomic mass is 16.6. The number of unbranched alkanes of at least 4 members (excludes halogenated alkanes) is 66. The summed E-state index contributed by atoms with van der Waals surface area (Å²) >= 11 is 0. The first-order chi connectivity index (χ1) is 42.1. The van der Waals surface area contributed by atoms with Crippen LogP contribution < -0.4 is 0 Å². The molecule has 0 spiro atoms. The molecule has 0 bridgehead atoms. The van der Waals surface area contributed by atoms with E-state index in [9.17, 15) is 14.7 Å². The summed E-state index contributed by atoms with van der Waals surface area (Å²) in [4.78, 5) is 24.7. The molecule has 0 saturated carbocycles. The molecule has 5 heteroatoms. The fourth-order valence-corrected chi connectivity index (χ4v) is 12.9. The van der Waals surface area contributed by atoms with Crippen molar-refractivity contribution in [2.24, 2.45) is 0 Å². The van der Waals surface area contributed by atoms with Crippen LogP contribution in [-0.4, -0.2) is 36.4 Å². The third-order valence-corrected chi connectivity index (χ3v) is 18.8. The van der Waals surface area contributed by atoms with Gasteiger partial charge in [0, 0.05) is 12.8 Å². The number of hydrogen-bond acceptors (Lipinski definition) is 5. The van der Waals surface area contributed by atoms with Crippen molar-refractivity contribution in [1.29, 1.82) is 0 Å². The number of esters is 2. The van der Waals surface area contributed by atoms with Gasteiger partial charge in [0.25, 0.3) is 0 Å². The summed E-state index contributed by atoms with van der Waals surface area (Å²) in [6, 6.07) is 0. The number of allylic oxidation sites excluding steroid dienone is 2. The summed E-state index contributed by atoms with van der Waals surface area (Å²) in [5.74, 6) is -0.558. The molecule has 1 N–H and O–H groups in total. The van der Waals surface area contributed by atoms with E-state index >= 15 is 0 Å². The highest BCUT2D eigenvalue weighted by molar-refractivity contribution is 5.70. The van der Waals surface area contributed by atoms with Crippen LogP contribution in [0.1, 0.15) is 470 Å². The summed E-state index contributed by atoms with van der Waals surface area (Å²) in [7, 11) is 0. The zero-order valence-corrected chi connectivity index (χ0v) is 58.4. The minimum Gasteiger partial charge on any atom is -0.462 e. The van der Waals surface area contributed by atoms with E-state index in [0.29, 0.717) is 12.8 Å². The van der Waals surface area contributed by atoms with Crippen molar-refractivity contribution in [3.05, 3.63) is 12.2 Å². The van der Waals surface area contributed by atoms with Gasteiger partial charge >= 0.3 is 11.9 Å². The van der Waals surface area contributed by atoms with Gasteiger partial charge in [-0.1, -0.05) is 431 Å². The van der Waals surface area contributed by atoms with Crippen molar-refractivity contribution in [2.75, 3.05) is 13.2 Å². The maximum Gasteiger partial charge on any atom is 0.306 e. The predicted molar refractivity (Wildman–Crippen MR) is 376 cm³/mol. The molecule has 5 nitrogen and oxygen atoms in total. The monoisotopic (exact) mass is 1200 g/mol. The number of aliphatic hydroxyl groups excluding tert-OH is 1. The summed E-state index contributed by atoms with van der Waals surface area (Å²) in [5, 5.41) is 9.72. The third kappa shape index (κ3) is 75.0. The minimum atomic E-state index is -0.768. The Balaban J connectivity index is 3.34. The molecule has 0 aromatic heterocycles. The van der Waals surface area contributed by atoms with Gasteiger partial charge in [-0.05, 0) is 38.5 Å². The van der Waals surface area contributed by atoms with Crippen molar-refractivity contribution < 1.29 is 24.2 Å². The van der Waals surface area contributed by atoms with Gasteiger partial charge in [0.2, 0.25) is 0 Å². The number of aliphatic hydroxyl groups is 1. The molecular weight excluding hydrogens is 1040 g/mol. The van der Waals surface area contributed by atoms with Crippen LogP contribution in [0.15, 0.2) is 12.2 Å². The first kappa shape index (κ1) is 83.6. The van der Waals surface area contributed by atoms with Crippen molar-refractivity contribution in [3.63, 3.8) is 0 Å². The molecule has 0 radical (unpaired) electrons. The molecule has 0 aliphatic rings. The van der Waals surface area contributed by atoms with E-state index in [2.05, 4.69) is 26.0 Å². The van der Waals surface area contributed by atoms with Gasteiger partial charge in [0.15, 0.2) is 6.10 Å². The van der Waals surface area contributed by atoms with E-state index in [4.69, 9.17) is 9.47 Å². The van der Waals surface area contributed by atoms with Crippen LogP contribution in [0.5, 0.6) is 0 Å². The first-order valence-corrected chi connectivity index (χ1v) is 39.7. The molecule has 0 aliphatic carbocycles. The number of carbonyl (C=O) groups excluding carboxylic acids is 2. The van der Waals surface area contributed by atoms with Crippen LogP contribution in [0.3, 0.4) is 0 Å². The Labute approximate surface area is 534 Å². The number of rotatable bonds is 76. The summed E-state index contributed by atoms with van der Waals surface area (Å²) in [5.41, 5.74) is 0. The summed E-state index contributed by atoms with van der Waals surface area (Å²) < 4.78 is 10.8. The van der Waals surface area contributed by atoms with E-state index in [1.54, 1.807) is 0 Å². The number of hydrogen-bond donors (Lipinski definition) is 1. The molecule has 0 aromatic rings. The minimum absolute atomic E-state index is 0.0562. The van der Waals surface area contributed by atoms with Crippen LogP contribution in [0.25, 0.3) is 0 Å². The van der Waals surface area contributed by atoms with Gasteiger partial charge in [0.05, 0.1) is 6.61 Å². The molecule has 1 atom stereocenters. The van der Waals surface area contributed by atoms with Crippen LogP contribution >= 0.6 is 0 Å². The zero-order valence-electron chi connectivity index (χ0n) is 58.4. The molecule has 0 amide bonds. The molecular formula is C80H156O5. The highest BCUT2D eigenvalue weighted by Gasteiger charge is 2.16. The molecule has 1 unspecified atom stereocenters. The van der Waals surface area contributed by atoms with Gasteiger partial charge in [0.1, 0.15) is 6.61 Å². The first-order valence-electron chi connectivity index (χ1n) is 39.7. The molecule has 0 aliphatic heterocycles. The smallest absolute Gasteiger partial charge is 0.306 e. The van der Waals surface area contributed by atoms with Crippen molar-refractivity contribution in [1.82, 2.24) is 0 Å². The highest BCUT2D eigenvalue weighted by Crippen LogP contribution is 2.21. The standard InChI is InChI=1S/C80H156O5/c1-3-5-7-9-11-13-15-17-19-21-23-25-27-29-31-33-35-37-39-41-42-44-46-48-50-52-54-56-58-60-62-64-66-68-70-72-74-79(82)84-77-78(76-81)85-80(83)75-73-71-69-67-65-63-61-59-57-55-53-51-49-47-45-43-40-38-36-34-32-30-28-26-24-22-20-18-16-14-12-10-8-6-4-2/h22,24,78,81H,3-21,23,25-77H2,1-2H3/b24-22-. The van der Waals surface area contributed by atoms with E-state index < -0.39 is 6.10 Å². The predicted octanol–water partition coefficient (Wildman–Crippen LogP) is 27.7. The molecule has 0 aromatic carbocycles. The lowest BCUT2D eigenvalue weighted by molar-refractivity contribution is -0.161. The van der Waals surface area contributed by atoms with Gasteiger partial charge in [-0.15, -0.1) is 0 Å². The van der Waals surface area contributed by atoms with E-state index in [1.807, 2.05) is 0 Å². The Hall–Kier alpha value is -1.36. The second-order valence-corrected chi connectivity index (χ2v) is 27.5. The SMILES string of the molecule is CCCCCCCCCC/C=C\CCCCCCCCCCCCCCCCCCCCCCCCCC(=O)OC(CO)COC(=O)CCCCCCCCCCCCCCCCCCCCCCCCCCCCCCCCCCCCCC. The van der Waals surface area contributed by atoms with E-state index in [-0.39, 0.29) is 25.2 Å². The lowest BCUT2D eigenvalue weighted by Crippen LogP contribution is -2.28. The third-order valence-electron chi connectivity index (χ3n) is 18.8. The van der Waals surface area contributed by atoms with Gasteiger partial charge in [-0.25, -0.2) is 0 Å². The van der Waals surface area contributed by atoms with Gasteiger partial charge in [-0.2, -0.15) is 0 Å². The van der Waals surface area contributed by atoms with Crippen LogP contribution in [0.4, 0.5) is 0 Å². The lowest BCUT2D eigenvalue weighted by Gasteiger charge is -2.15. The average molecular weight is 1200 g/mol. The van der Waals surface area contributed by atoms with Crippen molar-refractivity contribution >= 4 is 11.9 Å². The van der Waals surface area contributed by atoms with Gasteiger partial charge < -0.3 is 14.6 Å². The Kier molecular flexibility index (Phi) is 75.7. The maximum atomic E-state index is 12.4. The molecule has 0 saturated heterocycles. The van der Waals surface area contributed by atoms with Crippen LogP contribution in [-0.2, 0) is 19.1 Å². The second kappa shape index (κ2) is 76.9. The second-order valence-electron chi connectivity index (χ2n) is 27.5. The summed E-state index contributed by atoms with van der Waals surface area (Å²) in [6.07, 6.45) is 100. The quantitative estimate of drug-likeness (QED) is 0.0373. The maximum absolute atomic E-state index is 12.4. The molecule has 85 heavy (non-hydrogen) atoms.